The number of rotatable bonds is 4. The number of hydrogen-bond acceptors (Lipinski definition) is 3. The minimum atomic E-state index is -0.283. The normalized spacial score (nSPS) is 13.8. The molecule has 3 heterocycles. The summed E-state index contributed by atoms with van der Waals surface area (Å²) in [6.45, 7) is 3.19. The van der Waals surface area contributed by atoms with Crippen LogP contribution in [0.5, 0.6) is 5.75 Å². The SMILES string of the molecule is O=c1cc(OCc2ccc(F)cc2)ccn1-c1ccc2c(c1)cc1n2CCNCC1. The summed E-state index contributed by atoms with van der Waals surface area (Å²) in [5, 5.41) is 4.57. The molecule has 0 aliphatic carbocycles. The second-order valence-electron chi connectivity index (χ2n) is 7.52. The number of halogens is 1. The maximum atomic E-state index is 13.0. The second kappa shape index (κ2) is 7.80. The van der Waals surface area contributed by atoms with Gasteiger partial charge in [-0.2, -0.15) is 0 Å². The molecule has 1 N–H and O–H groups in total. The van der Waals surface area contributed by atoms with E-state index in [1.54, 1.807) is 29.0 Å². The van der Waals surface area contributed by atoms with Gasteiger partial charge in [0.15, 0.2) is 0 Å². The molecule has 0 saturated carbocycles. The fourth-order valence-electron chi connectivity index (χ4n) is 3.98. The van der Waals surface area contributed by atoms with Gasteiger partial charge < -0.3 is 14.6 Å². The van der Waals surface area contributed by atoms with Crippen molar-refractivity contribution in [2.75, 3.05) is 13.1 Å². The molecule has 0 fully saturated rings. The third kappa shape index (κ3) is 3.62. The predicted octanol–water partition coefficient (Wildman–Crippen LogP) is 3.66. The number of pyridine rings is 1. The highest BCUT2D eigenvalue weighted by Gasteiger charge is 2.12. The molecule has 1 aliphatic rings. The average molecular weight is 403 g/mol. The van der Waals surface area contributed by atoms with Crippen molar-refractivity contribution in [2.24, 2.45) is 0 Å². The lowest BCUT2D eigenvalue weighted by atomic mass is 10.2. The molecular weight excluding hydrogens is 381 g/mol. The molecule has 152 valence electrons. The summed E-state index contributed by atoms with van der Waals surface area (Å²) in [6, 6.07) is 17.7. The first kappa shape index (κ1) is 18.6. The molecule has 0 atom stereocenters. The van der Waals surface area contributed by atoms with E-state index in [1.807, 2.05) is 6.07 Å². The van der Waals surface area contributed by atoms with E-state index in [0.29, 0.717) is 5.75 Å². The van der Waals surface area contributed by atoms with Crippen LogP contribution in [0.1, 0.15) is 11.3 Å². The number of nitrogens with zero attached hydrogens (tertiary/aromatic N) is 2. The number of benzene rings is 2. The van der Waals surface area contributed by atoms with Gasteiger partial charge in [0, 0.05) is 60.6 Å². The minimum absolute atomic E-state index is 0.157. The maximum absolute atomic E-state index is 13.0. The minimum Gasteiger partial charge on any atom is -0.489 e. The number of hydrogen-bond donors (Lipinski definition) is 1. The molecule has 6 heteroatoms. The van der Waals surface area contributed by atoms with E-state index in [9.17, 15) is 9.18 Å². The van der Waals surface area contributed by atoms with Crippen molar-refractivity contribution in [3.63, 3.8) is 0 Å². The molecular formula is C24H22FN3O2. The zero-order chi connectivity index (χ0) is 20.5. The Morgan fingerprint density at radius 2 is 1.87 bits per heavy atom. The Labute approximate surface area is 173 Å². The molecule has 0 saturated heterocycles. The van der Waals surface area contributed by atoms with E-state index in [2.05, 4.69) is 28.1 Å². The molecule has 2 aromatic carbocycles. The number of nitrogens with one attached hydrogen (secondary N) is 1. The number of ether oxygens (including phenoxy) is 1. The number of fused-ring (bicyclic) bond motifs is 3. The van der Waals surface area contributed by atoms with Gasteiger partial charge in [0.05, 0.1) is 0 Å². The van der Waals surface area contributed by atoms with Crippen LogP contribution in [0.4, 0.5) is 4.39 Å². The highest BCUT2D eigenvalue weighted by Crippen LogP contribution is 2.24. The zero-order valence-corrected chi connectivity index (χ0v) is 16.5. The Morgan fingerprint density at radius 1 is 1.00 bits per heavy atom. The standard InChI is InChI=1S/C24H22FN3O2/c25-19-3-1-17(2-4-19)16-30-22-8-11-28(24(29)15-22)20-5-6-23-18(13-20)14-21-7-9-26-10-12-27(21)23/h1-6,8,11,13-15,26H,7,9-10,12,16H2. The van der Waals surface area contributed by atoms with E-state index in [4.69, 9.17) is 4.74 Å². The van der Waals surface area contributed by atoms with Gasteiger partial charge in [0.2, 0.25) is 0 Å². The van der Waals surface area contributed by atoms with Crippen LogP contribution in [0.15, 0.2) is 71.7 Å². The van der Waals surface area contributed by atoms with Gasteiger partial charge in [-0.05, 0) is 48.0 Å². The zero-order valence-electron chi connectivity index (χ0n) is 16.5. The average Bonchev–Trinajstić information content (AvgIpc) is 2.93. The molecule has 5 nitrogen and oxygen atoms in total. The molecule has 30 heavy (non-hydrogen) atoms. The van der Waals surface area contributed by atoms with Crippen molar-refractivity contribution in [1.29, 1.82) is 0 Å². The maximum Gasteiger partial charge on any atom is 0.258 e. The molecule has 5 rings (SSSR count). The van der Waals surface area contributed by atoms with Crippen LogP contribution in [-0.4, -0.2) is 22.2 Å². The Balaban J connectivity index is 1.39. The van der Waals surface area contributed by atoms with E-state index >= 15 is 0 Å². The lowest BCUT2D eigenvalue weighted by Gasteiger charge is -2.10. The van der Waals surface area contributed by atoms with Crippen molar-refractivity contribution >= 4 is 10.9 Å². The first-order valence-electron chi connectivity index (χ1n) is 10.1. The van der Waals surface area contributed by atoms with Gasteiger partial charge in [-0.1, -0.05) is 12.1 Å². The third-order valence-electron chi connectivity index (χ3n) is 5.53. The van der Waals surface area contributed by atoms with Crippen molar-refractivity contribution in [2.45, 2.75) is 19.6 Å². The van der Waals surface area contributed by atoms with Crippen LogP contribution in [0, 0.1) is 5.82 Å². The Hall–Kier alpha value is -3.38. The molecule has 0 amide bonds. The quantitative estimate of drug-likeness (QED) is 0.566. The van der Waals surface area contributed by atoms with Crippen molar-refractivity contribution in [3.05, 3.63) is 94.3 Å². The fourth-order valence-corrected chi connectivity index (χ4v) is 3.98. The van der Waals surface area contributed by atoms with Crippen LogP contribution in [0.2, 0.25) is 0 Å². The molecule has 4 aromatic rings. The lowest BCUT2D eigenvalue weighted by Crippen LogP contribution is -2.17. The smallest absolute Gasteiger partial charge is 0.258 e. The molecule has 0 radical (unpaired) electrons. The van der Waals surface area contributed by atoms with Gasteiger partial charge in [-0.15, -0.1) is 0 Å². The van der Waals surface area contributed by atoms with Crippen LogP contribution in [0.25, 0.3) is 16.6 Å². The fraction of sp³-hybridized carbons (Fsp3) is 0.208. The topological polar surface area (TPSA) is 48.2 Å². The highest BCUT2D eigenvalue weighted by atomic mass is 19.1. The van der Waals surface area contributed by atoms with Crippen molar-refractivity contribution < 1.29 is 9.13 Å². The van der Waals surface area contributed by atoms with E-state index in [0.717, 1.165) is 42.7 Å². The Bertz CT molecular complexity index is 1260. The van der Waals surface area contributed by atoms with E-state index in [1.165, 1.54) is 29.4 Å². The largest absolute Gasteiger partial charge is 0.489 e. The highest BCUT2D eigenvalue weighted by molar-refractivity contribution is 5.83. The number of aromatic nitrogens is 2. The van der Waals surface area contributed by atoms with Crippen molar-refractivity contribution in [3.8, 4) is 11.4 Å². The van der Waals surface area contributed by atoms with E-state index in [-0.39, 0.29) is 18.0 Å². The molecule has 1 aliphatic heterocycles. The van der Waals surface area contributed by atoms with Crippen LogP contribution in [0.3, 0.4) is 0 Å². The van der Waals surface area contributed by atoms with Gasteiger partial charge in [-0.3, -0.25) is 9.36 Å². The lowest BCUT2D eigenvalue weighted by molar-refractivity contribution is 0.305. The summed E-state index contributed by atoms with van der Waals surface area (Å²) < 4.78 is 22.7. The third-order valence-corrected chi connectivity index (χ3v) is 5.53. The molecule has 0 spiro atoms. The second-order valence-corrected chi connectivity index (χ2v) is 7.52. The molecule has 2 aromatic heterocycles. The molecule has 0 bridgehead atoms. The van der Waals surface area contributed by atoms with Gasteiger partial charge >= 0.3 is 0 Å². The van der Waals surface area contributed by atoms with Gasteiger partial charge in [-0.25, -0.2) is 4.39 Å². The Kier molecular flexibility index (Phi) is 4.85. The monoisotopic (exact) mass is 403 g/mol. The summed E-state index contributed by atoms with van der Waals surface area (Å²) in [7, 11) is 0. The molecule has 0 unspecified atom stereocenters. The summed E-state index contributed by atoms with van der Waals surface area (Å²) in [6.07, 6.45) is 2.73. The first-order valence-corrected chi connectivity index (χ1v) is 10.1. The van der Waals surface area contributed by atoms with Crippen LogP contribution < -0.4 is 15.6 Å². The predicted molar refractivity (Wildman–Crippen MR) is 115 cm³/mol. The summed E-state index contributed by atoms with van der Waals surface area (Å²) in [5.74, 6) is 0.208. The van der Waals surface area contributed by atoms with Gasteiger partial charge in [0.25, 0.3) is 5.56 Å². The van der Waals surface area contributed by atoms with Crippen LogP contribution >= 0.6 is 0 Å². The first-order chi connectivity index (χ1) is 14.7. The Morgan fingerprint density at radius 3 is 2.70 bits per heavy atom. The van der Waals surface area contributed by atoms with Gasteiger partial charge in [0.1, 0.15) is 18.2 Å². The summed E-state index contributed by atoms with van der Waals surface area (Å²) >= 11 is 0. The van der Waals surface area contributed by atoms with Crippen molar-refractivity contribution in [1.82, 2.24) is 14.5 Å². The van der Waals surface area contributed by atoms with E-state index < -0.39 is 0 Å². The summed E-state index contributed by atoms with van der Waals surface area (Å²) in [4.78, 5) is 12.7. The summed E-state index contributed by atoms with van der Waals surface area (Å²) in [5.41, 5.74) is 4.04. The van der Waals surface area contributed by atoms with Crippen LogP contribution in [-0.2, 0) is 19.6 Å².